The van der Waals surface area contributed by atoms with Crippen molar-refractivity contribution in [3.8, 4) is 0 Å². The van der Waals surface area contributed by atoms with Gasteiger partial charge in [0.2, 0.25) is 10.0 Å². The van der Waals surface area contributed by atoms with Crippen LogP contribution in [0.3, 0.4) is 0 Å². The molecule has 0 aliphatic carbocycles. The number of hydrogen-bond donors (Lipinski definition) is 1. The number of benzene rings is 1. The lowest BCUT2D eigenvalue weighted by molar-refractivity contribution is 0.0341. The summed E-state index contributed by atoms with van der Waals surface area (Å²) >= 11 is 17.0. The molecule has 1 aliphatic rings. The predicted octanol–water partition coefficient (Wildman–Crippen LogP) is 3.27. The highest BCUT2D eigenvalue weighted by atomic mass is 35.6. The Labute approximate surface area is 108 Å². The number of alkyl halides is 3. The summed E-state index contributed by atoms with van der Waals surface area (Å²) in [6, 6.07) is 5.34. The summed E-state index contributed by atoms with van der Waals surface area (Å²) in [5.41, 5.74) is 2.02. The van der Waals surface area contributed by atoms with Crippen molar-refractivity contribution < 1.29 is 9.53 Å². The van der Waals surface area contributed by atoms with Gasteiger partial charge < -0.3 is 10.1 Å². The Morgan fingerprint density at radius 3 is 2.69 bits per heavy atom. The van der Waals surface area contributed by atoms with Crippen LogP contribution in [0.5, 0.6) is 0 Å². The molecule has 0 saturated heterocycles. The molecule has 1 aliphatic heterocycles. The van der Waals surface area contributed by atoms with E-state index in [-0.39, 0.29) is 0 Å². The second kappa shape index (κ2) is 3.99. The van der Waals surface area contributed by atoms with Crippen molar-refractivity contribution >= 4 is 46.5 Å². The van der Waals surface area contributed by atoms with Gasteiger partial charge in [0.15, 0.2) is 0 Å². The number of halogens is 3. The maximum Gasteiger partial charge on any atom is 0.342 e. The van der Waals surface area contributed by atoms with Crippen molar-refractivity contribution in [2.24, 2.45) is 0 Å². The molecule has 0 bridgehead atoms. The Morgan fingerprint density at radius 1 is 1.38 bits per heavy atom. The van der Waals surface area contributed by atoms with Gasteiger partial charge in [0.25, 0.3) is 0 Å². The summed E-state index contributed by atoms with van der Waals surface area (Å²) in [6.45, 7) is 1.88. The fourth-order valence-corrected chi connectivity index (χ4v) is 1.74. The lowest BCUT2D eigenvalue weighted by Crippen LogP contribution is -2.41. The number of carbonyl (C=O) groups excluding carboxylic acids is 1. The highest BCUT2D eigenvalue weighted by molar-refractivity contribution is 6.68. The molecule has 1 N–H and O–H groups in total. The van der Waals surface area contributed by atoms with Crippen molar-refractivity contribution in [1.29, 1.82) is 0 Å². The van der Waals surface area contributed by atoms with E-state index in [4.69, 9.17) is 39.5 Å². The van der Waals surface area contributed by atoms with E-state index >= 15 is 0 Å². The summed E-state index contributed by atoms with van der Waals surface area (Å²) < 4.78 is 3.29. The molecule has 1 aromatic rings. The molecule has 3 nitrogen and oxygen atoms in total. The number of esters is 1. The molecular formula is C10H8Cl3NO2. The van der Waals surface area contributed by atoms with Crippen LogP contribution in [0.15, 0.2) is 18.2 Å². The standard InChI is InChI=1S/C10H8Cl3NO2/c1-5-2-3-7-6(4-5)8(15)16-9(14-7)10(11,12)13/h2-4,9,14H,1H3/t9-/m0/s1. The molecule has 1 atom stereocenters. The van der Waals surface area contributed by atoms with E-state index in [9.17, 15) is 4.79 Å². The van der Waals surface area contributed by atoms with Crippen LogP contribution in [-0.4, -0.2) is 16.0 Å². The van der Waals surface area contributed by atoms with Gasteiger partial charge in [-0.3, -0.25) is 0 Å². The van der Waals surface area contributed by atoms with Gasteiger partial charge in [-0.25, -0.2) is 4.79 Å². The molecule has 0 spiro atoms. The second-order valence-corrected chi connectivity index (χ2v) is 5.89. The first-order valence-corrected chi connectivity index (χ1v) is 5.66. The average Bonchev–Trinajstić information content (AvgIpc) is 2.17. The molecule has 1 aromatic carbocycles. The van der Waals surface area contributed by atoms with Gasteiger partial charge in [-0.2, -0.15) is 0 Å². The SMILES string of the molecule is Cc1ccc2c(c1)C(=O)O[C@@H](C(Cl)(Cl)Cl)N2. The maximum atomic E-state index is 11.7. The first kappa shape index (κ1) is 11.8. The monoisotopic (exact) mass is 279 g/mol. The molecule has 16 heavy (non-hydrogen) atoms. The largest absolute Gasteiger partial charge is 0.433 e. The number of hydrogen-bond acceptors (Lipinski definition) is 3. The maximum absolute atomic E-state index is 11.7. The summed E-state index contributed by atoms with van der Waals surface area (Å²) in [6.07, 6.45) is -0.972. The Kier molecular flexibility index (Phi) is 2.95. The van der Waals surface area contributed by atoms with Crippen LogP contribution in [0.4, 0.5) is 5.69 Å². The summed E-state index contributed by atoms with van der Waals surface area (Å²) in [7, 11) is 0. The van der Waals surface area contributed by atoms with Gasteiger partial charge in [0.05, 0.1) is 11.3 Å². The van der Waals surface area contributed by atoms with Crippen LogP contribution in [0.25, 0.3) is 0 Å². The van der Waals surface area contributed by atoms with Crippen molar-refractivity contribution in [1.82, 2.24) is 0 Å². The van der Waals surface area contributed by atoms with E-state index in [2.05, 4.69) is 5.32 Å². The number of anilines is 1. The normalized spacial score (nSPS) is 19.8. The number of aryl methyl sites for hydroxylation is 1. The fourth-order valence-electron chi connectivity index (χ4n) is 1.44. The number of cyclic esters (lactones) is 1. The van der Waals surface area contributed by atoms with Gasteiger partial charge in [-0.05, 0) is 19.1 Å². The third-order valence-corrected chi connectivity index (χ3v) is 2.80. The van der Waals surface area contributed by atoms with Crippen molar-refractivity contribution in [3.63, 3.8) is 0 Å². The van der Waals surface area contributed by atoms with Crippen LogP contribution in [-0.2, 0) is 4.74 Å². The molecule has 0 aromatic heterocycles. The molecule has 86 valence electrons. The van der Waals surface area contributed by atoms with Gasteiger partial charge in [0, 0.05) is 0 Å². The van der Waals surface area contributed by atoms with Crippen molar-refractivity contribution in [2.45, 2.75) is 16.9 Å². The van der Waals surface area contributed by atoms with E-state index < -0.39 is 16.0 Å². The number of carbonyl (C=O) groups is 1. The van der Waals surface area contributed by atoms with Gasteiger partial charge >= 0.3 is 5.97 Å². The molecule has 0 unspecified atom stereocenters. The lowest BCUT2D eigenvalue weighted by atomic mass is 10.1. The topological polar surface area (TPSA) is 38.3 Å². The van der Waals surface area contributed by atoms with E-state index in [0.29, 0.717) is 11.3 Å². The number of ether oxygens (including phenoxy) is 1. The van der Waals surface area contributed by atoms with Gasteiger partial charge in [-0.1, -0.05) is 46.4 Å². The fraction of sp³-hybridized carbons (Fsp3) is 0.300. The van der Waals surface area contributed by atoms with Crippen LogP contribution in [0.1, 0.15) is 15.9 Å². The molecule has 2 rings (SSSR count). The Hall–Kier alpha value is -0.640. The molecular weight excluding hydrogens is 272 g/mol. The second-order valence-electron chi connectivity index (χ2n) is 3.52. The predicted molar refractivity (Wildman–Crippen MR) is 64.3 cm³/mol. The molecule has 0 radical (unpaired) electrons. The Morgan fingerprint density at radius 2 is 2.06 bits per heavy atom. The van der Waals surface area contributed by atoms with Crippen LogP contribution in [0, 0.1) is 6.92 Å². The van der Waals surface area contributed by atoms with E-state index in [0.717, 1.165) is 5.56 Å². The summed E-state index contributed by atoms with van der Waals surface area (Å²) in [5.74, 6) is -0.492. The van der Waals surface area contributed by atoms with Crippen molar-refractivity contribution in [3.05, 3.63) is 29.3 Å². The van der Waals surface area contributed by atoms with Crippen molar-refractivity contribution in [2.75, 3.05) is 5.32 Å². The zero-order chi connectivity index (χ0) is 11.9. The minimum Gasteiger partial charge on any atom is -0.433 e. The minimum absolute atomic E-state index is 0.450. The third-order valence-electron chi connectivity index (χ3n) is 2.20. The van der Waals surface area contributed by atoms with Crippen LogP contribution < -0.4 is 5.32 Å². The van der Waals surface area contributed by atoms with Gasteiger partial charge in [0.1, 0.15) is 0 Å². The minimum atomic E-state index is -1.70. The number of rotatable bonds is 0. The highest BCUT2D eigenvalue weighted by Gasteiger charge is 2.39. The lowest BCUT2D eigenvalue weighted by Gasteiger charge is -2.30. The molecule has 0 amide bonds. The number of nitrogens with one attached hydrogen (secondary N) is 1. The first-order chi connectivity index (χ1) is 7.38. The quantitative estimate of drug-likeness (QED) is 0.585. The zero-order valence-electron chi connectivity index (χ0n) is 8.26. The Balaban J connectivity index is 2.38. The van der Waals surface area contributed by atoms with E-state index in [1.807, 2.05) is 13.0 Å². The van der Waals surface area contributed by atoms with E-state index in [1.54, 1.807) is 12.1 Å². The molecule has 1 heterocycles. The Bertz CT molecular complexity index is 442. The first-order valence-electron chi connectivity index (χ1n) is 4.53. The summed E-state index contributed by atoms with van der Waals surface area (Å²) in [5, 5.41) is 2.86. The zero-order valence-corrected chi connectivity index (χ0v) is 10.5. The van der Waals surface area contributed by atoms with Crippen LogP contribution >= 0.6 is 34.8 Å². The molecule has 0 saturated carbocycles. The molecule has 6 heteroatoms. The highest BCUT2D eigenvalue weighted by Crippen LogP contribution is 2.36. The average molecular weight is 281 g/mol. The van der Waals surface area contributed by atoms with Gasteiger partial charge in [-0.15, -0.1) is 0 Å². The van der Waals surface area contributed by atoms with E-state index in [1.165, 1.54) is 0 Å². The third kappa shape index (κ3) is 2.21. The smallest absolute Gasteiger partial charge is 0.342 e. The summed E-state index contributed by atoms with van der Waals surface area (Å²) in [4.78, 5) is 11.7. The number of fused-ring (bicyclic) bond motifs is 1. The molecule has 0 fully saturated rings. The van der Waals surface area contributed by atoms with Crippen LogP contribution in [0.2, 0.25) is 0 Å².